The number of fused-ring (bicyclic) bond motifs is 1. The second-order valence-corrected chi connectivity index (χ2v) is 6.91. The van der Waals surface area contributed by atoms with Crippen LogP contribution in [0.25, 0.3) is 5.65 Å². The molecule has 1 aliphatic rings. The van der Waals surface area contributed by atoms with Crippen LogP contribution in [0.5, 0.6) is 0 Å². The van der Waals surface area contributed by atoms with Gasteiger partial charge in [-0.3, -0.25) is 0 Å². The van der Waals surface area contributed by atoms with Crippen molar-refractivity contribution in [1.82, 2.24) is 29.7 Å². The van der Waals surface area contributed by atoms with Crippen molar-refractivity contribution in [2.45, 2.75) is 32.2 Å². The number of aryl methyl sites for hydroxylation is 1. The van der Waals surface area contributed by atoms with Crippen LogP contribution in [-0.2, 0) is 6.54 Å². The molecule has 4 heterocycles. The van der Waals surface area contributed by atoms with Crippen molar-refractivity contribution in [3.05, 3.63) is 47.0 Å². The zero-order valence-corrected chi connectivity index (χ0v) is 15.1. The van der Waals surface area contributed by atoms with Crippen LogP contribution in [0.4, 0.5) is 4.79 Å². The Bertz CT molecular complexity index is 936. The number of aromatic nitrogens is 4. The monoisotopic (exact) mass is 374 g/mol. The number of rotatable bonds is 3. The van der Waals surface area contributed by atoms with Crippen LogP contribution in [0.3, 0.4) is 0 Å². The summed E-state index contributed by atoms with van der Waals surface area (Å²) < 4.78 is 7.11. The molecule has 3 aromatic rings. The Labute approximate surface area is 155 Å². The summed E-state index contributed by atoms with van der Waals surface area (Å²) in [6.07, 6.45) is 5.50. The largest absolute Gasteiger partial charge is 0.339 e. The molecule has 0 bridgehead atoms. The fraction of sp³-hybridized carbons (Fsp3) is 0.412. The minimum absolute atomic E-state index is 0.0908. The first kappa shape index (κ1) is 16.8. The molecule has 1 N–H and O–H groups in total. The van der Waals surface area contributed by atoms with Gasteiger partial charge in [-0.05, 0) is 31.9 Å². The van der Waals surface area contributed by atoms with Crippen LogP contribution >= 0.6 is 11.6 Å². The van der Waals surface area contributed by atoms with Crippen molar-refractivity contribution in [2.24, 2.45) is 0 Å². The molecule has 0 radical (unpaired) electrons. The van der Waals surface area contributed by atoms with Gasteiger partial charge in [-0.25, -0.2) is 9.78 Å². The predicted octanol–water partition coefficient (Wildman–Crippen LogP) is 2.77. The predicted molar refractivity (Wildman–Crippen MR) is 95.0 cm³/mol. The Hall–Kier alpha value is -2.61. The van der Waals surface area contributed by atoms with Gasteiger partial charge in [-0.2, -0.15) is 4.98 Å². The number of amides is 2. The van der Waals surface area contributed by atoms with Crippen LogP contribution in [0, 0.1) is 6.92 Å². The number of nitrogens with one attached hydrogen (secondary N) is 1. The van der Waals surface area contributed by atoms with Crippen LogP contribution in [-0.4, -0.2) is 43.5 Å². The Balaban J connectivity index is 1.37. The number of hydrogen-bond acceptors (Lipinski definition) is 5. The Kier molecular flexibility index (Phi) is 4.50. The lowest BCUT2D eigenvalue weighted by molar-refractivity contribution is 0.171. The van der Waals surface area contributed by atoms with Crippen molar-refractivity contribution in [3.8, 4) is 0 Å². The number of hydrogen-bond donors (Lipinski definition) is 1. The van der Waals surface area contributed by atoms with Gasteiger partial charge in [-0.15, -0.1) is 0 Å². The molecule has 0 aliphatic carbocycles. The molecule has 3 aromatic heterocycles. The highest BCUT2D eigenvalue weighted by atomic mass is 35.5. The number of carbonyl (C=O) groups is 1. The van der Waals surface area contributed by atoms with Gasteiger partial charge in [0.25, 0.3) is 0 Å². The molecule has 1 atom stereocenters. The summed E-state index contributed by atoms with van der Waals surface area (Å²) in [5.41, 5.74) is 1.57. The lowest BCUT2D eigenvalue weighted by Crippen LogP contribution is -2.44. The Morgan fingerprint density at radius 2 is 2.27 bits per heavy atom. The highest BCUT2D eigenvalue weighted by Gasteiger charge is 2.28. The van der Waals surface area contributed by atoms with Gasteiger partial charge in [0.15, 0.2) is 5.82 Å². The van der Waals surface area contributed by atoms with E-state index in [1.807, 2.05) is 16.7 Å². The van der Waals surface area contributed by atoms with Gasteiger partial charge in [0.2, 0.25) is 5.89 Å². The molecule has 1 aliphatic heterocycles. The highest BCUT2D eigenvalue weighted by molar-refractivity contribution is 6.30. The topological polar surface area (TPSA) is 88.6 Å². The standard InChI is InChI=1S/C17H19ClN6O2/c1-11-20-16(26-22-11)12-3-2-6-23(8-12)17(25)19-7-14-10-24-9-13(18)4-5-15(24)21-14/h4-5,9-10,12H,2-3,6-8H2,1H3,(H,19,25). The lowest BCUT2D eigenvalue weighted by Gasteiger charge is -2.30. The fourth-order valence-corrected chi connectivity index (χ4v) is 3.39. The van der Waals surface area contributed by atoms with Crippen molar-refractivity contribution >= 4 is 23.3 Å². The van der Waals surface area contributed by atoms with E-state index in [9.17, 15) is 4.79 Å². The molecule has 1 fully saturated rings. The molecule has 9 heteroatoms. The van der Waals surface area contributed by atoms with E-state index in [4.69, 9.17) is 16.1 Å². The summed E-state index contributed by atoms with van der Waals surface area (Å²) in [6.45, 7) is 3.45. The van der Waals surface area contributed by atoms with E-state index in [1.54, 1.807) is 24.1 Å². The minimum Gasteiger partial charge on any atom is -0.339 e. The van der Waals surface area contributed by atoms with Gasteiger partial charge in [0.05, 0.1) is 23.2 Å². The van der Waals surface area contributed by atoms with Crippen molar-refractivity contribution < 1.29 is 9.32 Å². The van der Waals surface area contributed by atoms with Crippen LogP contribution in [0.2, 0.25) is 5.02 Å². The molecule has 1 unspecified atom stereocenters. The van der Waals surface area contributed by atoms with E-state index < -0.39 is 0 Å². The summed E-state index contributed by atoms with van der Waals surface area (Å²) in [6, 6.07) is 3.52. The fourth-order valence-electron chi connectivity index (χ4n) is 3.22. The number of nitrogens with zero attached hydrogens (tertiary/aromatic N) is 5. The summed E-state index contributed by atoms with van der Waals surface area (Å²) in [4.78, 5) is 23.1. The molecule has 0 saturated carbocycles. The first-order chi connectivity index (χ1) is 12.6. The van der Waals surface area contributed by atoms with Crippen LogP contribution < -0.4 is 5.32 Å². The maximum absolute atomic E-state index is 12.5. The van der Waals surface area contributed by atoms with E-state index in [2.05, 4.69) is 20.4 Å². The van der Waals surface area contributed by atoms with Crippen LogP contribution in [0.15, 0.2) is 29.0 Å². The number of pyridine rings is 1. The minimum atomic E-state index is -0.110. The Morgan fingerprint density at radius 1 is 1.38 bits per heavy atom. The molecule has 136 valence electrons. The normalized spacial score (nSPS) is 17.6. The van der Waals surface area contributed by atoms with E-state index in [-0.39, 0.29) is 11.9 Å². The maximum Gasteiger partial charge on any atom is 0.317 e. The Morgan fingerprint density at radius 3 is 3.08 bits per heavy atom. The van der Waals surface area contributed by atoms with Gasteiger partial charge >= 0.3 is 6.03 Å². The molecule has 0 spiro atoms. The summed E-state index contributed by atoms with van der Waals surface area (Å²) in [5.74, 6) is 1.32. The first-order valence-electron chi connectivity index (χ1n) is 8.54. The number of imidazole rings is 1. The summed E-state index contributed by atoms with van der Waals surface area (Å²) in [7, 11) is 0. The van der Waals surface area contributed by atoms with E-state index in [0.717, 1.165) is 30.7 Å². The third-order valence-corrected chi connectivity index (χ3v) is 4.71. The van der Waals surface area contributed by atoms with Gasteiger partial charge in [0, 0.05) is 25.5 Å². The molecule has 0 aromatic carbocycles. The second-order valence-electron chi connectivity index (χ2n) is 6.47. The highest BCUT2D eigenvalue weighted by Crippen LogP contribution is 2.25. The second kappa shape index (κ2) is 6.95. The molecular formula is C17H19ClN6O2. The summed E-state index contributed by atoms with van der Waals surface area (Å²) in [5, 5.41) is 7.41. The molecule has 1 saturated heterocycles. The van der Waals surface area contributed by atoms with Crippen molar-refractivity contribution in [3.63, 3.8) is 0 Å². The SMILES string of the molecule is Cc1noc(C2CCCN(C(=O)NCc3cn4cc(Cl)ccc4n3)C2)n1. The van der Waals surface area contributed by atoms with E-state index in [1.165, 1.54) is 0 Å². The van der Waals surface area contributed by atoms with E-state index >= 15 is 0 Å². The zero-order chi connectivity index (χ0) is 18.1. The van der Waals surface area contributed by atoms with Crippen LogP contribution in [0.1, 0.15) is 36.2 Å². The third-order valence-electron chi connectivity index (χ3n) is 4.49. The van der Waals surface area contributed by atoms with E-state index in [0.29, 0.717) is 29.8 Å². The van der Waals surface area contributed by atoms with Crippen molar-refractivity contribution in [2.75, 3.05) is 13.1 Å². The molecule has 2 amide bonds. The molecular weight excluding hydrogens is 356 g/mol. The molecule has 8 nitrogen and oxygen atoms in total. The lowest BCUT2D eigenvalue weighted by atomic mass is 9.98. The third kappa shape index (κ3) is 3.50. The van der Waals surface area contributed by atoms with Gasteiger partial charge in [0.1, 0.15) is 5.65 Å². The molecule has 4 rings (SSSR count). The first-order valence-corrected chi connectivity index (χ1v) is 8.92. The van der Waals surface area contributed by atoms with Crippen molar-refractivity contribution in [1.29, 1.82) is 0 Å². The molecule has 26 heavy (non-hydrogen) atoms. The number of carbonyl (C=O) groups excluding carboxylic acids is 1. The number of likely N-dealkylation sites (tertiary alicyclic amines) is 1. The number of piperidine rings is 1. The van der Waals surface area contributed by atoms with Gasteiger partial charge in [-0.1, -0.05) is 16.8 Å². The smallest absolute Gasteiger partial charge is 0.317 e. The quantitative estimate of drug-likeness (QED) is 0.761. The number of urea groups is 1. The maximum atomic E-state index is 12.5. The average molecular weight is 375 g/mol. The summed E-state index contributed by atoms with van der Waals surface area (Å²) >= 11 is 5.98. The van der Waals surface area contributed by atoms with Gasteiger partial charge < -0.3 is 19.1 Å². The average Bonchev–Trinajstić information content (AvgIpc) is 3.25. The number of halogens is 1. The zero-order valence-electron chi connectivity index (χ0n) is 14.4.